The zero-order chi connectivity index (χ0) is 14.1. The molecule has 3 rings (SSSR count). The zero-order valence-electron chi connectivity index (χ0n) is 12.9. The molecule has 4 nitrogen and oxygen atoms in total. The molecule has 5 heteroatoms. The Morgan fingerprint density at radius 3 is 2.95 bits per heavy atom. The van der Waals surface area contributed by atoms with E-state index in [9.17, 15) is 0 Å². The van der Waals surface area contributed by atoms with Gasteiger partial charge in [0.15, 0.2) is 5.13 Å². The van der Waals surface area contributed by atoms with E-state index in [4.69, 9.17) is 4.98 Å². The van der Waals surface area contributed by atoms with Gasteiger partial charge < -0.3 is 10.2 Å². The number of anilines is 1. The van der Waals surface area contributed by atoms with Crippen molar-refractivity contribution in [3.63, 3.8) is 0 Å². The van der Waals surface area contributed by atoms with E-state index in [1.165, 1.54) is 28.5 Å². The molecule has 2 atom stereocenters. The van der Waals surface area contributed by atoms with Crippen LogP contribution in [0, 0.1) is 0 Å². The molecule has 2 aliphatic rings. The molecule has 0 spiro atoms. The maximum atomic E-state index is 4.94. The largest absolute Gasteiger partial charge is 0.345 e. The van der Waals surface area contributed by atoms with Crippen molar-refractivity contribution in [2.75, 3.05) is 38.1 Å². The van der Waals surface area contributed by atoms with Crippen LogP contribution in [0.5, 0.6) is 0 Å². The van der Waals surface area contributed by atoms with Crippen LogP contribution in [0.25, 0.3) is 0 Å². The van der Waals surface area contributed by atoms with Crippen LogP contribution in [0.2, 0.25) is 0 Å². The number of thiazole rings is 1. The minimum Gasteiger partial charge on any atom is -0.345 e. The molecular formula is C15H26N4S. The standard InChI is InChI=1S/C15H26N4S/c1-4-18-8-9-19(10-11(18)2)15-17-13-7-5-6-12(16-3)14(13)20-15/h11-12,16H,4-10H2,1-3H3. The lowest BCUT2D eigenvalue weighted by atomic mass is 9.98. The number of aryl methyl sites for hydroxylation is 1. The number of nitrogens with one attached hydrogen (secondary N) is 1. The summed E-state index contributed by atoms with van der Waals surface area (Å²) >= 11 is 1.92. The fourth-order valence-electron chi connectivity index (χ4n) is 3.46. The third-order valence-electron chi connectivity index (χ3n) is 4.73. The molecule has 0 amide bonds. The van der Waals surface area contributed by atoms with E-state index in [0.29, 0.717) is 12.1 Å². The van der Waals surface area contributed by atoms with Crippen LogP contribution in [0.4, 0.5) is 5.13 Å². The quantitative estimate of drug-likeness (QED) is 0.927. The average Bonchev–Trinajstić information content (AvgIpc) is 2.91. The van der Waals surface area contributed by atoms with E-state index >= 15 is 0 Å². The molecule has 1 aliphatic carbocycles. The molecule has 1 fully saturated rings. The second-order valence-electron chi connectivity index (χ2n) is 5.96. The number of piperazine rings is 1. The Balaban J connectivity index is 1.77. The minimum absolute atomic E-state index is 0.527. The predicted octanol–water partition coefficient (Wildman–Crippen LogP) is 2.27. The van der Waals surface area contributed by atoms with Crippen molar-refractivity contribution in [1.82, 2.24) is 15.2 Å². The van der Waals surface area contributed by atoms with Gasteiger partial charge in [-0.3, -0.25) is 4.90 Å². The number of aromatic nitrogens is 1. The summed E-state index contributed by atoms with van der Waals surface area (Å²) in [6, 6.07) is 1.16. The topological polar surface area (TPSA) is 31.4 Å². The van der Waals surface area contributed by atoms with Gasteiger partial charge in [0.2, 0.25) is 0 Å². The summed E-state index contributed by atoms with van der Waals surface area (Å²) in [6.45, 7) is 9.15. The third-order valence-corrected chi connectivity index (χ3v) is 6.00. The first-order valence-corrected chi connectivity index (χ1v) is 8.70. The summed E-state index contributed by atoms with van der Waals surface area (Å²) in [5.41, 5.74) is 1.35. The van der Waals surface area contributed by atoms with Crippen LogP contribution < -0.4 is 10.2 Å². The fourth-order valence-corrected chi connectivity index (χ4v) is 4.75. The summed E-state index contributed by atoms with van der Waals surface area (Å²) in [5, 5.41) is 4.69. The van der Waals surface area contributed by atoms with Crippen LogP contribution in [0.3, 0.4) is 0 Å². The van der Waals surface area contributed by atoms with Crippen molar-refractivity contribution in [1.29, 1.82) is 0 Å². The van der Waals surface area contributed by atoms with Crippen LogP contribution in [-0.2, 0) is 6.42 Å². The molecule has 2 heterocycles. The van der Waals surface area contributed by atoms with Crippen molar-refractivity contribution in [2.45, 2.75) is 45.2 Å². The number of nitrogens with zero attached hydrogens (tertiary/aromatic N) is 3. The smallest absolute Gasteiger partial charge is 0.185 e. The van der Waals surface area contributed by atoms with Crippen LogP contribution >= 0.6 is 11.3 Å². The Morgan fingerprint density at radius 2 is 2.25 bits per heavy atom. The van der Waals surface area contributed by atoms with Gasteiger partial charge in [-0.15, -0.1) is 0 Å². The number of fused-ring (bicyclic) bond motifs is 1. The summed E-state index contributed by atoms with van der Waals surface area (Å²) in [7, 11) is 2.07. The van der Waals surface area contributed by atoms with Gasteiger partial charge in [0, 0.05) is 36.6 Å². The molecule has 1 saturated heterocycles. The fraction of sp³-hybridized carbons (Fsp3) is 0.800. The van der Waals surface area contributed by atoms with Gasteiger partial charge in [-0.05, 0) is 39.8 Å². The summed E-state index contributed by atoms with van der Waals surface area (Å²) in [4.78, 5) is 11.5. The van der Waals surface area contributed by atoms with E-state index < -0.39 is 0 Å². The zero-order valence-corrected chi connectivity index (χ0v) is 13.7. The van der Waals surface area contributed by atoms with Gasteiger partial charge >= 0.3 is 0 Å². The Kier molecular flexibility index (Phi) is 4.29. The minimum atomic E-state index is 0.527. The van der Waals surface area contributed by atoms with Crippen molar-refractivity contribution < 1.29 is 0 Å². The summed E-state index contributed by atoms with van der Waals surface area (Å²) in [6.07, 6.45) is 3.68. The molecule has 20 heavy (non-hydrogen) atoms. The lowest BCUT2D eigenvalue weighted by molar-refractivity contribution is 0.199. The van der Waals surface area contributed by atoms with Crippen LogP contribution in [0.15, 0.2) is 0 Å². The number of likely N-dealkylation sites (N-methyl/N-ethyl adjacent to an activating group) is 1. The van der Waals surface area contributed by atoms with Crippen molar-refractivity contribution in [3.8, 4) is 0 Å². The van der Waals surface area contributed by atoms with Gasteiger partial charge in [0.1, 0.15) is 0 Å². The molecule has 1 aliphatic heterocycles. The van der Waals surface area contributed by atoms with E-state index in [1.54, 1.807) is 0 Å². The molecular weight excluding hydrogens is 268 g/mol. The first-order chi connectivity index (χ1) is 9.72. The molecule has 1 N–H and O–H groups in total. The molecule has 1 aromatic rings. The number of rotatable bonds is 3. The SMILES string of the molecule is CCN1CCN(c2nc3c(s2)C(NC)CCC3)CC1C. The monoisotopic (exact) mass is 294 g/mol. The highest BCUT2D eigenvalue weighted by atomic mass is 32.1. The van der Waals surface area contributed by atoms with Gasteiger partial charge in [-0.1, -0.05) is 18.3 Å². The first-order valence-electron chi connectivity index (χ1n) is 7.88. The first kappa shape index (κ1) is 14.3. The molecule has 0 radical (unpaired) electrons. The van der Waals surface area contributed by atoms with Crippen LogP contribution in [0.1, 0.15) is 43.3 Å². The molecule has 0 aromatic carbocycles. The average molecular weight is 294 g/mol. The maximum Gasteiger partial charge on any atom is 0.185 e. The Hall–Kier alpha value is -0.650. The van der Waals surface area contributed by atoms with E-state index in [2.05, 4.69) is 36.0 Å². The Labute approximate surface area is 126 Å². The second kappa shape index (κ2) is 6.00. The molecule has 0 bridgehead atoms. The van der Waals surface area contributed by atoms with E-state index in [-0.39, 0.29) is 0 Å². The normalized spacial score (nSPS) is 27.6. The third kappa shape index (κ3) is 2.59. The molecule has 2 unspecified atom stereocenters. The lowest BCUT2D eigenvalue weighted by Crippen LogP contribution is -2.51. The second-order valence-corrected chi connectivity index (χ2v) is 6.97. The van der Waals surface area contributed by atoms with Crippen LogP contribution in [-0.4, -0.2) is 49.2 Å². The number of hydrogen-bond acceptors (Lipinski definition) is 5. The molecule has 0 saturated carbocycles. The van der Waals surface area contributed by atoms with Gasteiger partial charge in [-0.25, -0.2) is 4.98 Å². The Bertz CT molecular complexity index is 459. The summed E-state index contributed by atoms with van der Waals surface area (Å²) < 4.78 is 0. The predicted molar refractivity (Wildman–Crippen MR) is 85.8 cm³/mol. The van der Waals surface area contributed by atoms with Gasteiger partial charge in [0.05, 0.1) is 5.69 Å². The van der Waals surface area contributed by atoms with E-state index in [1.807, 2.05) is 11.3 Å². The highest BCUT2D eigenvalue weighted by Gasteiger charge is 2.28. The molecule has 1 aromatic heterocycles. The van der Waals surface area contributed by atoms with Crippen molar-refractivity contribution in [2.24, 2.45) is 0 Å². The lowest BCUT2D eigenvalue weighted by Gasteiger charge is -2.39. The summed E-state index contributed by atoms with van der Waals surface area (Å²) in [5.74, 6) is 0. The van der Waals surface area contributed by atoms with Gasteiger partial charge in [-0.2, -0.15) is 0 Å². The maximum absolute atomic E-state index is 4.94. The van der Waals surface area contributed by atoms with Gasteiger partial charge in [0.25, 0.3) is 0 Å². The van der Waals surface area contributed by atoms with Crippen molar-refractivity contribution >= 4 is 16.5 Å². The molecule has 112 valence electrons. The highest BCUT2D eigenvalue weighted by molar-refractivity contribution is 7.15. The number of hydrogen-bond donors (Lipinski definition) is 1. The Morgan fingerprint density at radius 1 is 1.40 bits per heavy atom. The van der Waals surface area contributed by atoms with Crippen molar-refractivity contribution in [3.05, 3.63) is 10.6 Å². The van der Waals surface area contributed by atoms with E-state index in [0.717, 1.165) is 32.6 Å². The highest BCUT2D eigenvalue weighted by Crippen LogP contribution is 2.37.